The Kier molecular flexibility index (Phi) is 4.42. The molecule has 1 aliphatic rings. The molecule has 1 unspecified atom stereocenters. The van der Waals surface area contributed by atoms with Crippen LogP contribution >= 0.6 is 0 Å². The topological polar surface area (TPSA) is 61.8 Å². The van der Waals surface area contributed by atoms with Crippen molar-refractivity contribution in [1.82, 2.24) is 0 Å². The van der Waals surface area contributed by atoms with Crippen LogP contribution in [-0.2, 0) is 23.8 Å². The predicted molar refractivity (Wildman–Crippen MR) is 75.2 cm³/mol. The van der Waals surface area contributed by atoms with E-state index in [2.05, 4.69) is 4.74 Å². The first-order chi connectivity index (χ1) is 10.1. The van der Waals surface area contributed by atoms with Gasteiger partial charge in [0, 0.05) is 0 Å². The fraction of sp³-hybridized carbons (Fsp3) is 0.250. The van der Waals surface area contributed by atoms with Crippen LogP contribution in [0.3, 0.4) is 0 Å². The Balaban J connectivity index is 2.37. The van der Waals surface area contributed by atoms with E-state index in [1.807, 2.05) is 31.2 Å². The van der Waals surface area contributed by atoms with Gasteiger partial charge in [-0.15, -0.1) is 0 Å². The minimum atomic E-state index is -0.605. The smallest absolute Gasteiger partial charge is 0.341 e. The second kappa shape index (κ2) is 6.26. The summed E-state index contributed by atoms with van der Waals surface area (Å²) in [6, 6.07) is 7.59. The molecule has 0 aromatic heterocycles. The Morgan fingerprint density at radius 3 is 2.24 bits per heavy atom. The van der Waals surface area contributed by atoms with Gasteiger partial charge in [0.25, 0.3) is 0 Å². The highest BCUT2D eigenvalue weighted by Crippen LogP contribution is 2.32. The third-order valence-corrected chi connectivity index (χ3v) is 3.15. The zero-order chi connectivity index (χ0) is 15.4. The number of esters is 2. The molecule has 1 aromatic rings. The zero-order valence-corrected chi connectivity index (χ0v) is 12.1. The van der Waals surface area contributed by atoms with Gasteiger partial charge < -0.3 is 14.2 Å². The summed E-state index contributed by atoms with van der Waals surface area (Å²) < 4.78 is 14.9. The molecule has 1 heterocycles. The lowest BCUT2D eigenvalue weighted by molar-refractivity contribution is -0.137. The van der Waals surface area contributed by atoms with E-state index < -0.39 is 18.0 Å². The van der Waals surface area contributed by atoms with Crippen molar-refractivity contribution in [1.29, 1.82) is 0 Å². The first-order valence-electron chi connectivity index (χ1n) is 6.37. The molecular formula is C16H16O5. The van der Waals surface area contributed by atoms with Gasteiger partial charge in [-0.05, 0) is 18.6 Å². The molecule has 21 heavy (non-hydrogen) atoms. The summed E-state index contributed by atoms with van der Waals surface area (Å²) in [6.45, 7) is 1.97. The average molecular weight is 288 g/mol. The van der Waals surface area contributed by atoms with Crippen molar-refractivity contribution < 1.29 is 23.8 Å². The Labute approximate surface area is 122 Å². The van der Waals surface area contributed by atoms with Gasteiger partial charge in [0.2, 0.25) is 0 Å². The van der Waals surface area contributed by atoms with Crippen LogP contribution < -0.4 is 0 Å². The van der Waals surface area contributed by atoms with Crippen molar-refractivity contribution in [3.05, 3.63) is 58.9 Å². The molecule has 0 spiro atoms. The molecule has 1 aromatic carbocycles. The predicted octanol–water partition coefficient (Wildman–Crippen LogP) is 2.22. The Morgan fingerprint density at radius 1 is 1.05 bits per heavy atom. The van der Waals surface area contributed by atoms with Crippen LogP contribution in [0.15, 0.2) is 47.7 Å². The number of methoxy groups -OCH3 is 2. The summed E-state index contributed by atoms with van der Waals surface area (Å²) >= 11 is 0. The van der Waals surface area contributed by atoms with Gasteiger partial charge in [-0.25, -0.2) is 9.59 Å². The fourth-order valence-corrected chi connectivity index (χ4v) is 2.00. The van der Waals surface area contributed by atoms with Gasteiger partial charge in [-0.3, -0.25) is 0 Å². The van der Waals surface area contributed by atoms with Crippen molar-refractivity contribution in [2.24, 2.45) is 0 Å². The van der Waals surface area contributed by atoms with Gasteiger partial charge in [-0.2, -0.15) is 0 Å². The van der Waals surface area contributed by atoms with Crippen molar-refractivity contribution in [2.45, 2.75) is 13.0 Å². The second-order valence-corrected chi connectivity index (χ2v) is 4.58. The molecule has 0 fully saturated rings. The van der Waals surface area contributed by atoms with E-state index in [4.69, 9.17) is 9.47 Å². The fourth-order valence-electron chi connectivity index (χ4n) is 2.00. The van der Waals surface area contributed by atoms with Crippen molar-refractivity contribution >= 4 is 11.9 Å². The van der Waals surface area contributed by atoms with E-state index in [0.29, 0.717) is 0 Å². The van der Waals surface area contributed by atoms with Crippen molar-refractivity contribution in [3.63, 3.8) is 0 Å². The Bertz CT molecular complexity index is 610. The van der Waals surface area contributed by atoms with Crippen LogP contribution in [0.5, 0.6) is 0 Å². The maximum Gasteiger partial charge on any atom is 0.341 e. The molecule has 1 atom stereocenters. The number of hydrogen-bond donors (Lipinski definition) is 0. The average Bonchev–Trinajstić information content (AvgIpc) is 2.53. The molecular weight excluding hydrogens is 272 g/mol. The lowest BCUT2D eigenvalue weighted by atomic mass is 9.97. The highest BCUT2D eigenvalue weighted by molar-refractivity contribution is 5.97. The van der Waals surface area contributed by atoms with Crippen molar-refractivity contribution in [3.8, 4) is 0 Å². The molecule has 0 amide bonds. The number of rotatable bonds is 3. The quantitative estimate of drug-likeness (QED) is 0.798. The number of aryl methyl sites for hydroxylation is 1. The molecule has 2 rings (SSSR count). The van der Waals surface area contributed by atoms with Crippen LogP contribution in [-0.4, -0.2) is 26.2 Å². The van der Waals surface area contributed by atoms with Crippen molar-refractivity contribution in [2.75, 3.05) is 14.2 Å². The summed E-state index contributed by atoms with van der Waals surface area (Å²) in [6.07, 6.45) is 2.13. The molecule has 5 heteroatoms. The van der Waals surface area contributed by atoms with Crippen LogP contribution in [0.25, 0.3) is 0 Å². The van der Waals surface area contributed by atoms with E-state index in [1.165, 1.54) is 26.6 Å². The SMILES string of the molecule is COC(=O)C1=COC(c2ccc(C)cc2)C(C(=O)OC)=C1. The molecule has 0 saturated heterocycles. The van der Waals surface area contributed by atoms with Gasteiger partial charge in [-0.1, -0.05) is 29.8 Å². The highest BCUT2D eigenvalue weighted by Gasteiger charge is 2.29. The van der Waals surface area contributed by atoms with Crippen LogP contribution in [0.4, 0.5) is 0 Å². The minimum Gasteiger partial charge on any atom is -0.487 e. The molecule has 0 aliphatic carbocycles. The highest BCUT2D eigenvalue weighted by atomic mass is 16.5. The maximum absolute atomic E-state index is 11.9. The van der Waals surface area contributed by atoms with Crippen LogP contribution in [0.1, 0.15) is 17.2 Å². The molecule has 0 radical (unpaired) electrons. The van der Waals surface area contributed by atoms with E-state index in [9.17, 15) is 9.59 Å². The number of hydrogen-bond acceptors (Lipinski definition) is 5. The number of carbonyl (C=O) groups excluding carboxylic acids is 2. The van der Waals surface area contributed by atoms with Gasteiger partial charge in [0.15, 0.2) is 6.10 Å². The Morgan fingerprint density at radius 2 is 1.67 bits per heavy atom. The molecule has 110 valence electrons. The molecule has 0 bridgehead atoms. The van der Waals surface area contributed by atoms with Crippen LogP contribution in [0.2, 0.25) is 0 Å². The third kappa shape index (κ3) is 3.13. The second-order valence-electron chi connectivity index (χ2n) is 4.58. The molecule has 1 aliphatic heterocycles. The molecule has 0 N–H and O–H groups in total. The third-order valence-electron chi connectivity index (χ3n) is 3.15. The lowest BCUT2D eigenvalue weighted by Gasteiger charge is -2.23. The van der Waals surface area contributed by atoms with Gasteiger partial charge in [0.1, 0.15) is 0 Å². The molecule has 5 nitrogen and oxygen atoms in total. The number of benzene rings is 1. The summed E-state index contributed by atoms with van der Waals surface area (Å²) in [4.78, 5) is 23.5. The first kappa shape index (κ1) is 14.8. The monoisotopic (exact) mass is 288 g/mol. The number of carbonyl (C=O) groups is 2. The number of ether oxygens (including phenoxy) is 3. The summed E-state index contributed by atoms with van der Waals surface area (Å²) in [5.74, 6) is -1.12. The van der Waals surface area contributed by atoms with Gasteiger partial charge in [0.05, 0.1) is 31.6 Å². The zero-order valence-electron chi connectivity index (χ0n) is 12.1. The summed E-state index contributed by atoms with van der Waals surface area (Å²) in [7, 11) is 2.55. The largest absolute Gasteiger partial charge is 0.487 e. The van der Waals surface area contributed by atoms with E-state index >= 15 is 0 Å². The van der Waals surface area contributed by atoms with E-state index in [-0.39, 0.29) is 11.1 Å². The van der Waals surface area contributed by atoms with Gasteiger partial charge >= 0.3 is 11.9 Å². The maximum atomic E-state index is 11.9. The molecule has 0 saturated carbocycles. The Hall–Kier alpha value is -2.56. The lowest BCUT2D eigenvalue weighted by Crippen LogP contribution is -2.20. The first-order valence-corrected chi connectivity index (χ1v) is 6.37. The normalized spacial score (nSPS) is 17.2. The summed E-state index contributed by atoms with van der Waals surface area (Å²) in [5.41, 5.74) is 2.33. The minimum absolute atomic E-state index is 0.168. The van der Waals surface area contributed by atoms with E-state index in [1.54, 1.807) is 0 Å². The van der Waals surface area contributed by atoms with Crippen LogP contribution in [0, 0.1) is 6.92 Å². The standard InChI is InChI=1S/C16H16O5/c1-10-4-6-11(7-5-10)14-13(16(18)20-3)8-12(9-21-14)15(17)19-2/h4-9,14H,1-3H3. The van der Waals surface area contributed by atoms with E-state index in [0.717, 1.165) is 11.1 Å². The summed E-state index contributed by atoms with van der Waals surface area (Å²) in [5, 5.41) is 0.